The van der Waals surface area contributed by atoms with Gasteiger partial charge in [0.2, 0.25) is 5.91 Å². The van der Waals surface area contributed by atoms with E-state index in [1.54, 1.807) is 4.68 Å². The highest BCUT2D eigenvalue weighted by atomic mass is 35.5. The van der Waals surface area contributed by atoms with Gasteiger partial charge in [0.1, 0.15) is 0 Å². The Hall–Kier alpha value is -1.85. The van der Waals surface area contributed by atoms with Gasteiger partial charge in [0.05, 0.1) is 12.2 Å². The maximum absolute atomic E-state index is 12.5. The first kappa shape index (κ1) is 17.0. The number of hydrogen-bond acceptors (Lipinski definition) is 3. The van der Waals surface area contributed by atoms with E-state index in [-0.39, 0.29) is 23.8 Å². The largest absolute Gasteiger partial charge is 0.354 e. The first-order valence-electron chi connectivity index (χ1n) is 8.14. The number of carbonyl (C=O) groups is 1. The molecular weight excluding hydrogens is 324 g/mol. The summed E-state index contributed by atoms with van der Waals surface area (Å²) in [5.74, 6) is 0.382. The Morgan fingerprint density at radius 2 is 2.21 bits per heavy atom. The van der Waals surface area contributed by atoms with E-state index in [0.29, 0.717) is 6.54 Å². The van der Waals surface area contributed by atoms with Crippen molar-refractivity contribution in [2.45, 2.75) is 18.4 Å². The molecule has 1 amide bonds. The predicted molar refractivity (Wildman–Crippen MR) is 94.9 cm³/mol. The highest BCUT2D eigenvalue weighted by Gasteiger charge is 2.44. The SMILES string of the molecule is CN(C)[C@H](CNC(=O)[C@@H]1C[C@H]1c1ccccc1Cl)c1cnn(C)c1. The fraction of sp³-hybridized carbons (Fsp3) is 0.444. The van der Waals surface area contributed by atoms with Crippen LogP contribution in [0.3, 0.4) is 0 Å². The van der Waals surface area contributed by atoms with Crippen molar-refractivity contribution >= 4 is 17.5 Å². The number of likely N-dealkylation sites (N-methyl/N-ethyl adjacent to an activating group) is 1. The van der Waals surface area contributed by atoms with E-state index in [1.165, 1.54) is 0 Å². The summed E-state index contributed by atoms with van der Waals surface area (Å²) in [4.78, 5) is 14.6. The lowest BCUT2D eigenvalue weighted by molar-refractivity contribution is -0.122. The Morgan fingerprint density at radius 3 is 2.83 bits per heavy atom. The lowest BCUT2D eigenvalue weighted by atomic mass is 10.1. The lowest BCUT2D eigenvalue weighted by Crippen LogP contribution is -2.35. The number of aryl methyl sites for hydroxylation is 1. The second kappa shape index (κ2) is 6.95. The number of rotatable bonds is 6. The van der Waals surface area contributed by atoms with E-state index in [0.717, 1.165) is 22.6 Å². The minimum atomic E-state index is 0.0293. The van der Waals surface area contributed by atoms with Crippen LogP contribution in [0.5, 0.6) is 0 Å². The van der Waals surface area contributed by atoms with E-state index in [4.69, 9.17) is 11.6 Å². The maximum atomic E-state index is 12.5. The van der Waals surface area contributed by atoms with Gasteiger partial charge in [0, 0.05) is 36.3 Å². The van der Waals surface area contributed by atoms with Gasteiger partial charge < -0.3 is 10.2 Å². The molecule has 1 saturated carbocycles. The fourth-order valence-electron chi connectivity index (χ4n) is 3.14. The highest BCUT2D eigenvalue weighted by molar-refractivity contribution is 6.31. The van der Waals surface area contributed by atoms with Crippen LogP contribution in [0.15, 0.2) is 36.7 Å². The summed E-state index contributed by atoms with van der Waals surface area (Å²) in [7, 11) is 5.91. The van der Waals surface area contributed by atoms with Crippen LogP contribution in [0, 0.1) is 5.92 Å². The molecule has 5 nitrogen and oxygen atoms in total. The Balaban J connectivity index is 1.59. The van der Waals surface area contributed by atoms with Gasteiger partial charge in [-0.15, -0.1) is 0 Å². The number of halogens is 1. The molecule has 1 fully saturated rings. The van der Waals surface area contributed by atoms with E-state index < -0.39 is 0 Å². The standard InChI is InChI=1S/C18H23ClN4O/c1-22(2)17(12-9-21-23(3)11-12)10-20-18(24)15-8-14(15)13-6-4-5-7-16(13)19/h4-7,9,11,14-15,17H,8,10H2,1-3H3,(H,20,24)/t14-,15+,17+/m0/s1. The molecule has 0 radical (unpaired) electrons. The van der Waals surface area contributed by atoms with Crippen molar-refractivity contribution in [3.8, 4) is 0 Å². The summed E-state index contributed by atoms with van der Waals surface area (Å²) in [6.45, 7) is 0.573. The van der Waals surface area contributed by atoms with Crippen LogP contribution >= 0.6 is 11.6 Å². The summed E-state index contributed by atoms with van der Waals surface area (Å²) in [5, 5.41) is 8.06. The van der Waals surface area contributed by atoms with Gasteiger partial charge >= 0.3 is 0 Å². The molecule has 1 aliphatic rings. The molecule has 1 heterocycles. The Bertz CT molecular complexity index is 727. The lowest BCUT2D eigenvalue weighted by Gasteiger charge is -2.23. The maximum Gasteiger partial charge on any atom is 0.223 e. The van der Waals surface area contributed by atoms with Gasteiger partial charge in [-0.05, 0) is 38.1 Å². The monoisotopic (exact) mass is 346 g/mol. The number of carbonyl (C=O) groups excluding carboxylic acids is 1. The zero-order chi connectivity index (χ0) is 17.3. The Labute approximate surface area is 147 Å². The van der Waals surface area contributed by atoms with Crippen molar-refractivity contribution in [1.29, 1.82) is 0 Å². The van der Waals surface area contributed by atoms with Crippen LogP contribution in [0.4, 0.5) is 0 Å². The second-order valence-electron chi connectivity index (χ2n) is 6.64. The molecule has 1 N–H and O–H groups in total. The molecular formula is C18H23ClN4O. The minimum Gasteiger partial charge on any atom is -0.354 e. The van der Waals surface area contributed by atoms with Crippen LogP contribution in [-0.4, -0.2) is 41.2 Å². The number of nitrogens with zero attached hydrogens (tertiary/aromatic N) is 3. The normalized spacial score (nSPS) is 20.9. The van der Waals surface area contributed by atoms with E-state index in [2.05, 4.69) is 15.3 Å². The third kappa shape index (κ3) is 3.62. The molecule has 0 unspecified atom stereocenters. The predicted octanol–water partition coefficient (Wildman–Crippen LogP) is 2.60. The molecule has 2 aromatic rings. The molecule has 1 aromatic carbocycles. The summed E-state index contributed by atoms with van der Waals surface area (Å²) < 4.78 is 1.78. The highest BCUT2D eigenvalue weighted by Crippen LogP contribution is 2.49. The first-order chi connectivity index (χ1) is 11.5. The number of aromatic nitrogens is 2. The van der Waals surface area contributed by atoms with Gasteiger partial charge in [-0.2, -0.15) is 5.10 Å². The van der Waals surface area contributed by atoms with Gasteiger partial charge in [0.15, 0.2) is 0 Å². The number of benzene rings is 1. The molecule has 0 aliphatic heterocycles. The summed E-state index contributed by atoms with van der Waals surface area (Å²) in [6, 6.07) is 7.89. The molecule has 24 heavy (non-hydrogen) atoms. The third-order valence-electron chi connectivity index (χ3n) is 4.63. The zero-order valence-corrected chi connectivity index (χ0v) is 15.0. The Kier molecular flexibility index (Phi) is 4.92. The van der Waals surface area contributed by atoms with Gasteiger partial charge in [0.25, 0.3) is 0 Å². The number of nitrogens with one attached hydrogen (secondary N) is 1. The minimum absolute atomic E-state index is 0.0293. The first-order valence-corrected chi connectivity index (χ1v) is 8.52. The van der Waals surface area contributed by atoms with Crippen LogP contribution in [0.1, 0.15) is 29.5 Å². The quantitative estimate of drug-likeness (QED) is 0.874. The average Bonchev–Trinajstić information content (AvgIpc) is 3.22. The van der Waals surface area contributed by atoms with Crippen LogP contribution < -0.4 is 5.32 Å². The zero-order valence-electron chi connectivity index (χ0n) is 14.2. The smallest absolute Gasteiger partial charge is 0.223 e. The summed E-state index contributed by atoms with van der Waals surface area (Å²) in [5.41, 5.74) is 2.18. The molecule has 1 aliphatic carbocycles. The van der Waals surface area contributed by atoms with Crippen LogP contribution in [0.2, 0.25) is 5.02 Å². The van der Waals surface area contributed by atoms with Crippen molar-refractivity contribution < 1.29 is 4.79 Å². The Morgan fingerprint density at radius 1 is 1.46 bits per heavy atom. The summed E-state index contributed by atoms with van der Waals surface area (Å²) in [6.07, 6.45) is 4.70. The van der Waals surface area contributed by atoms with Crippen molar-refractivity contribution in [2.24, 2.45) is 13.0 Å². The van der Waals surface area contributed by atoms with Gasteiger partial charge in [-0.3, -0.25) is 9.48 Å². The van der Waals surface area contributed by atoms with E-state index in [1.807, 2.05) is 57.8 Å². The van der Waals surface area contributed by atoms with E-state index in [9.17, 15) is 4.79 Å². The van der Waals surface area contributed by atoms with Crippen molar-refractivity contribution in [3.63, 3.8) is 0 Å². The molecule has 0 saturated heterocycles. The molecule has 128 valence electrons. The van der Waals surface area contributed by atoms with Crippen molar-refractivity contribution in [2.75, 3.05) is 20.6 Å². The third-order valence-corrected chi connectivity index (χ3v) is 4.98. The van der Waals surface area contributed by atoms with Crippen LogP contribution in [-0.2, 0) is 11.8 Å². The number of hydrogen-bond donors (Lipinski definition) is 1. The van der Waals surface area contributed by atoms with Gasteiger partial charge in [-0.25, -0.2) is 0 Å². The molecule has 3 atom stereocenters. The molecule has 6 heteroatoms. The van der Waals surface area contributed by atoms with Gasteiger partial charge in [-0.1, -0.05) is 29.8 Å². The second-order valence-corrected chi connectivity index (χ2v) is 7.05. The summed E-state index contributed by atoms with van der Waals surface area (Å²) >= 11 is 6.23. The fourth-order valence-corrected chi connectivity index (χ4v) is 3.42. The van der Waals surface area contributed by atoms with Crippen molar-refractivity contribution in [1.82, 2.24) is 20.0 Å². The van der Waals surface area contributed by atoms with Crippen molar-refractivity contribution in [3.05, 3.63) is 52.8 Å². The van der Waals surface area contributed by atoms with Crippen LogP contribution in [0.25, 0.3) is 0 Å². The molecule has 3 rings (SSSR count). The number of amides is 1. The van der Waals surface area contributed by atoms with E-state index >= 15 is 0 Å². The molecule has 0 bridgehead atoms. The molecule has 0 spiro atoms. The average molecular weight is 347 g/mol. The molecule has 1 aromatic heterocycles. The topological polar surface area (TPSA) is 50.2 Å².